The molecule has 0 saturated heterocycles. The topological polar surface area (TPSA) is 95.5 Å². The van der Waals surface area contributed by atoms with Crippen molar-refractivity contribution in [3.63, 3.8) is 0 Å². The van der Waals surface area contributed by atoms with E-state index in [1.807, 2.05) is 38.1 Å². The molecule has 0 aliphatic carbocycles. The van der Waals surface area contributed by atoms with E-state index in [0.717, 1.165) is 14.7 Å². The lowest BCUT2D eigenvalue weighted by Gasteiger charge is -2.22. The minimum atomic E-state index is -0.779. The molecule has 3 N–H and O–H groups in total. The number of hydrogen-bond donors (Lipinski definition) is 3. The fourth-order valence-electron chi connectivity index (χ4n) is 2.99. The predicted molar refractivity (Wildman–Crippen MR) is 124 cm³/mol. The van der Waals surface area contributed by atoms with Gasteiger partial charge >= 0.3 is 0 Å². The van der Waals surface area contributed by atoms with E-state index in [-0.39, 0.29) is 17.6 Å². The number of aldehydes is 1. The van der Waals surface area contributed by atoms with Crippen LogP contribution in [-0.2, 0) is 27.2 Å². The Morgan fingerprint density at radius 3 is 2.10 bits per heavy atom. The van der Waals surface area contributed by atoms with E-state index >= 15 is 0 Å². The molecule has 0 radical (unpaired) electrons. The molecule has 0 spiro atoms. The Morgan fingerprint density at radius 2 is 1.53 bits per heavy atom. The molecule has 6 nitrogen and oxygen atoms in total. The number of carbonyl (C=O) groups is 3. The third kappa shape index (κ3) is 8.14. The Labute approximate surface area is 190 Å². The van der Waals surface area contributed by atoms with Crippen LogP contribution in [0, 0.1) is 9.49 Å². The van der Waals surface area contributed by atoms with E-state index in [1.165, 1.54) is 12.1 Å². The van der Waals surface area contributed by atoms with Gasteiger partial charge in [-0.15, -0.1) is 0 Å². The maximum absolute atomic E-state index is 12.9. The zero-order valence-corrected chi connectivity index (χ0v) is 19.3. The van der Waals surface area contributed by atoms with Gasteiger partial charge in [-0.05, 0) is 70.3 Å². The van der Waals surface area contributed by atoms with Crippen LogP contribution in [0.2, 0.25) is 0 Å². The highest BCUT2D eigenvalue weighted by atomic mass is 127. The van der Waals surface area contributed by atoms with Crippen LogP contribution in [-0.4, -0.2) is 35.3 Å². The van der Waals surface area contributed by atoms with E-state index < -0.39 is 18.0 Å². The lowest BCUT2D eigenvalue weighted by Crippen LogP contribution is -2.51. The summed E-state index contributed by atoms with van der Waals surface area (Å²) in [6.07, 6.45) is 1.63. The van der Waals surface area contributed by atoms with E-state index in [9.17, 15) is 19.5 Å². The second-order valence-electron chi connectivity index (χ2n) is 7.67. The first-order chi connectivity index (χ1) is 14.3. The lowest BCUT2D eigenvalue weighted by molar-refractivity contribution is -0.130. The van der Waals surface area contributed by atoms with E-state index in [4.69, 9.17) is 0 Å². The van der Waals surface area contributed by atoms with Gasteiger partial charge in [0, 0.05) is 16.4 Å². The molecule has 0 aliphatic heterocycles. The Kier molecular flexibility index (Phi) is 9.29. The summed E-state index contributed by atoms with van der Waals surface area (Å²) in [6, 6.07) is 12.7. The second kappa shape index (κ2) is 11.7. The first-order valence-electron chi connectivity index (χ1n) is 9.84. The van der Waals surface area contributed by atoms with Gasteiger partial charge in [0.1, 0.15) is 18.1 Å². The summed E-state index contributed by atoms with van der Waals surface area (Å²) in [5.41, 5.74) is 1.73. The molecule has 2 rings (SSSR count). The van der Waals surface area contributed by atoms with Gasteiger partial charge in [-0.2, -0.15) is 0 Å². The predicted octanol–water partition coefficient (Wildman–Crippen LogP) is 3.00. The summed E-state index contributed by atoms with van der Waals surface area (Å²) in [4.78, 5) is 36.8. The van der Waals surface area contributed by atoms with Crippen LogP contribution in [0.25, 0.3) is 0 Å². The quantitative estimate of drug-likeness (QED) is 0.330. The second-order valence-corrected chi connectivity index (χ2v) is 8.92. The molecular formula is C23H27IN2O4. The average molecular weight is 522 g/mol. The first kappa shape index (κ1) is 23.9. The number of phenols is 1. The number of aromatic hydroxyl groups is 1. The minimum absolute atomic E-state index is 0.135. The summed E-state index contributed by atoms with van der Waals surface area (Å²) in [5.74, 6) is -0.293. The number of phenolic OH excluding ortho intramolecular Hbond substituents is 1. The largest absolute Gasteiger partial charge is 0.508 e. The summed E-state index contributed by atoms with van der Waals surface area (Å²) < 4.78 is 1.08. The van der Waals surface area contributed by atoms with Crippen molar-refractivity contribution in [3.05, 3.63) is 63.2 Å². The smallest absolute Gasteiger partial charge is 0.243 e. The molecule has 2 atom stereocenters. The van der Waals surface area contributed by atoms with Crippen molar-refractivity contribution in [2.45, 2.75) is 45.2 Å². The van der Waals surface area contributed by atoms with Crippen LogP contribution in [0.5, 0.6) is 5.75 Å². The molecule has 0 unspecified atom stereocenters. The van der Waals surface area contributed by atoms with Gasteiger partial charge in [0.25, 0.3) is 0 Å². The van der Waals surface area contributed by atoms with Gasteiger partial charge in [0.05, 0.1) is 6.04 Å². The SMILES string of the molecule is CC(C)CC(=O)N[C@@H](Cc1ccc(I)cc1)C(=O)N[C@H](C=O)Cc1ccc(O)cc1. The van der Waals surface area contributed by atoms with Crippen LogP contribution in [0.15, 0.2) is 48.5 Å². The van der Waals surface area contributed by atoms with Crippen molar-refractivity contribution in [2.24, 2.45) is 5.92 Å². The molecular weight excluding hydrogens is 495 g/mol. The normalized spacial score (nSPS) is 12.8. The Morgan fingerprint density at radius 1 is 0.967 bits per heavy atom. The summed E-state index contributed by atoms with van der Waals surface area (Å²) in [5, 5.41) is 14.9. The number of benzene rings is 2. The standard InChI is InChI=1S/C23H27IN2O4/c1-15(2)11-22(29)26-21(13-17-3-7-18(24)8-4-17)23(30)25-19(14-27)12-16-5-9-20(28)10-6-16/h3-10,14-15,19,21,28H,11-13H2,1-2H3,(H,25,30)(H,26,29)/t19-,21-/m0/s1. The molecule has 7 heteroatoms. The average Bonchev–Trinajstić information content (AvgIpc) is 2.69. The molecule has 2 amide bonds. The van der Waals surface area contributed by atoms with Gasteiger partial charge in [0.2, 0.25) is 11.8 Å². The number of carbonyl (C=O) groups excluding carboxylic acids is 3. The highest BCUT2D eigenvalue weighted by molar-refractivity contribution is 14.1. The maximum Gasteiger partial charge on any atom is 0.243 e. The Bertz CT molecular complexity index is 851. The first-order valence-corrected chi connectivity index (χ1v) is 10.9. The molecule has 0 heterocycles. The lowest BCUT2D eigenvalue weighted by atomic mass is 10.0. The van der Waals surface area contributed by atoms with Crippen molar-refractivity contribution in [1.82, 2.24) is 10.6 Å². The molecule has 30 heavy (non-hydrogen) atoms. The highest BCUT2D eigenvalue weighted by Gasteiger charge is 2.24. The molecule has 0 bridgehead atoms. The third-order valence-electron chi connectivity index (χ3n) is 4.48. The molecule has 2 aromatic rings. The molecule has 2 aromatic carbocycles. The summed E-state index contributed by atoms with van der Waals surface area (Å²) in [6.45, 7) is 3.88. The van der Waals surface area contributed by atoms with Crippen molar-refractivity contribution in [3.8, 4) is 5.75 Å². The van der Waals surface area contributed by atoms with Gasteiger partial charge in [-0.1, -0.05) is 38.1 Å². The van der Waals surface area contributed by atoms with Crippen molar-refractivity contribution in [1.29, 1.82) is 0 Å². The fraction of sp³-hybridized carbons (Fsp3) is 0.348. The van der Waals surface area contributed by atoms with Gasteiger partial charge in [-0.25, -0.2) is 0 Å². The van der Waals surface area contributed by atoms with Gasteiger partial charge < -0.3 is 20.5 Å². The number of amides is 2. The van der Waals surface area contributed by atoms with Crippen molar-refractivity contribution >= 4 is 40.7 Å². The molecule has 0 fully saturated rings. The van der Waals surface area contributed by atoms with Crippen molar-refractivity contribution < 1.29 is 19.5 Å². The number of hydrogen-bond acceptors (Lipinski definition) is 4. The van der Waals surface area contributed by atoms with Crippen LogP contribution in [0.1, 0.15) is 31.4 Å². The van der Waals surface area contributed by atoms with Gasteiger partial charge in [0.15, 0.2) is 0 Å². The zero-order valence-electron chi connectivity index (χ0n) is 17.1. The van der Waals surface area contributed by atoms with E-state index in [1.54, 1.807) is 12.1 Å². The van der Waals surface area contributed by atoms with Crippen molar-refractivity contribution in [2.75, 3.05) is 0 Å². The molecule has 0 saturated carbocycles. The summed E-state index contributed by atoms with van der Waals surface area (Å²) >= 11 is 2.21. The van der Waals surface area contributed by atoms with Gasteiger partial charge in [-0.3, -0.25) is 9.59 Å². The Balaban J connectivity index is 2.10. The molecule has 0 aliphatic rings. The Hall–Kier alpha value is -2.42. The fourth-order valence-corrected chi connectivity index (χ4v) is 3.35. The van der Waals surface area contributed by atoms with Crippen LogP contribution in [0.4, 0.5) is 0 Å². The monoisotopic (exact) mass is 522 g/mol. The number of nitrogens with one attached hydrogen (secondary N) is 2. The summed E-state index contributed by atoms with van der Waals surface area (Å²) in [7, 11) is 0. The van der Waals surface area contributed by atoms with Crippen LogP contribution < -0.4 is 10.6 Å². The number of halogens is 1. The number of rotatable bonds is 10. The highest BCUT2D eigenvalue weighted by Crippen LogP contribution is 2.12. The minimum Gasteiger partial charge on any atom is -0.508 e. The van der Waals surface area contributed by atoms with E-state index in [2.05, 4.69) is 33.2 Å². The third-order valence-corrected chi connectivity index (χ3v) is 5.20. The molecule has 0 aromatic heterocycles. The van der Waals surface area contributed by atoms with Crippen LogP contribution in [0.3, 0.4) is 0 Å². The van der Waals surface area contributed by atoms with Crippen LogP contribution >= 0.6 is 22.6 Å². The zero-order chi connectivity index (χ0) is 22.1. The molecule has 160 valence electrons. The van der Waals surface area contributed by atoms with E-state index in [0.29, 0.717) is 25.5 Å². The maximum atomic E-state index is 12.9.